The molecule has 108 valence electrons. The molecule has 3 rings (SSSR count). The summed E-state index contributed by atoms with van der Waals surface area (Å²) in [5, 5.41) is 22.9. The van der Waals surface area contributed by atoms with Crippen molar-refractivity contribution in [3.05, 3.63) is 23.9 Å². The van der Waals surface area contributed by atoms with Gasteiger partial charge in [0.25, 0.3) is 0 Å². The number of nitrogens with zero attached hydrogens (tertiary/aromatic N) is 5. The van der Waals surface area contributed by atoms with Gasteiger partial charge in [0.15, 0.2) is 5.69 Å². The normalized spacial score (nSPS) is 12.5. The van der Waals surface area contributed by atoms with Crippen molar-refractivity contribution < 1.29 is 14.6 Å². The molecule has 3 aromatic heterocycles. The summed E-state index contributed by atoms with van der Waals surface area (Å²) in [4.78, 5) is 15.4. The number of hydrogen-bond donors (Lipinski definition) is 2. The molecule has 0 fully saturated rings. The zero-order valence-corrected chi connectivity index (χ0v) is 11.3. The summed E-state index contributed by atoms with van der Waals surface area (Å²) in [5.41, 5.74) is 1.76. The largest absolute Gasteiger partial charge is 0.481 e. The third kappa shape index (κ3) is 2.08. The Hall–Kier alpha value is -2.97. The summed E-state index contributed by atoms with van der Waals surface area (Å²) in [6.45, 7) is 1.62. The maximum Gasteiger partial charge on any atom is 0.310 e. The van der Waals surface area contributed by atoms with Crippen molar-refractivity contribution in [1.82, 2.24) is 30.0 Å². The SMILES string of the molecule is COc1nc2ccc(C(C)C(=O)O)cn2c1-c1nn[nH]n1. The molecule has 2 N–H and O–H groups in total. The Morgan fingerprint density at radius 2 is 2.29 bits per heavy atom. The summed E-state index contributed by atoms with van der Waals surface area (Å²) in [7, 11) is 1.49. The minimum Gasteiger partial charge on any atom is -0.481 e. The fraction of sp³-hybridized carbons (Fsp3) is 0.250. The molecule has 3 heterocycles. The Balaban J connectivity index is 2.24. The van der Waals surface area contributed by atoms with E-state index in [1.54, 1.807) is 29.7 Å². The van der Waals surface area contributed by atoms with Crippen molar-refractivity contribution in [2.75, 3.05) is 7.11 Å². The summed E-state index contributed by atoms with van der Waals surface area (Å²) in [5.74, 6) is -0.875. The molecule has 0 aliphatic carbocycles. The van der Waals surface area contributed by atoms with Crippen LogP contribution in [0.5, 0.6) is 5.88 Å². The van der Waals surface area contributed by atoms with Crippen LogP contribution in [-0.4, -0.2) is 48.2 Å². The summed E-state index contributed by atoms with van der Waals surface area (Å²) in [6, 6.07) is 3.45. The first-order valence-electron chi connectivity index (χ1n) is 6.14. The molecule has 0 saturated carbocycles. The van der Waals surface area contributed by atoms with Crippen molar-refractivity contribution >= 4 is 11.6 Å². The number of aromatic nitrogens is 6. The van der Waals surface area contributed by atoms with Gasteiger partial charge in [0.1, 0.15) is 5.65 Å². The number of ether oxygens (including phenoxy) is 1. The number of carboxylic acids is 1. The van der Waals surface area contributed by atoms with E-state index < -0.39 is 11.9 Å². The number of rotatable bonds is 4. The minimum atomic E-state index is -0.900. The Labute approximate surface area is 118 Å². The minimum absolute atomic E-state index is 0.319. The number of H-pyrrole nitrogens is 1. The standard InChI is InChI=1S/C12H12N6O3/c1-6(12(19)20)7-3-4-8-13-11(21-2)9(18(8)5-7)10-14-16-17-15-10/h3-6H,1-2H3,(H,19,20)(H,14,15,16,17). The molecular formula is C12H12N6O3. The number of carboxylic acid groups (broad SMARTS) is 1. The van der Waals surface area contributed by atoms with Crippen molar-refractivity contribution in [1.29, 1.82) is 0 Å². The first kappa shape index (κ1) is 13.0. The molecule has 0 saturated heterocycles. The number of nitrogens with one attached hydrogen (secondary N) is 1. The Bertz CT molecular complexity index is 795. The van der Waals surface area contributed by atoms with Gasteiger partial charge in [-0.3, -0.25) is 9.20 Å². The first-order chi connectivity index (χ1) is 10.1. The van der Waals surface area contributed by atoms with E-state index in [-0.39, 0.29) is 0 Å². The monoisotopic (exact) mass is 288 g/mol. The molecule has 0 bridgehead atoms. The lowest BCUT2D eigenvalue weighted by Gasteiger charge is -2.07. The third-order valence-electron chi connectivity index (χ3n) is 3.23. The summed E-state index contributed by atoms with van der Waals surface area (Å²) < 4.78 is 6.92. The number of methoxy groups -OCH3 is 1. The fourth-order valence-electron chi connectivity index (χ4n) is 2.05. The summed E-state index contributed by atoms with van der Waals surface area (Å²) >= 11 is 0. The predicted octanol–water partition coefficient (Wildman–Crippen LogP) is 0.711. The highest BCUT2D eigenvalue weighted by Crippen LogP contribution is 2.29. The molecule has 1 atom stereocenters. The van der Waals surface area contributed by atoms with E-state index in [0.717, 1.165) is 0 Å². The smallest absolute Gasteiger partial charge is 0.310 e. The van der Waals surface area contributed by atoms with Crippen LogP contribution in [0.25, 0.3) is 17.2 Å². The van der Waals surface area contributed by atoms with Crippen LogP contribution < -0.4 is 4.74 Å². The van der Waals surface area contributed by atoms with Gasteiger partial charge in [0, 0.05) is 6.20 Å². The molecular weight excluding hydrogens is 276 g/mol. The van der Waals surface area contributed by atoms with Crippen LogP contribution in [0.4, 0.5) is 0 Å². The van der Waals surface area contributed by atoms with E-state index in [1.807, 2.05) is 0 Å². The van der Waals surface area contributed by atoms with Gasteiger partial charge in [-0.1, -0.05) is 6.07 Å². The highest BCUT2D eigenvalue weighted by Gasteiger charge is 2.21. The van der Waals surface area contributed by atoms with Crippen molar-refractivity contribution in [3.8, 4) is 17.4 Å². The second-order valence-corrected chi connectivity index (χ2v) is 4.46. The van der Waals surface area contributed by atoms with E-state index >= 15 is 0 Å². The molecule has 0 amide bonds. The molecule has 0 aliphatic heterocycles. The van der Waals surface area contributed by atoms with Gasteiger partial charge in [-0.05, 0) is 23.8 Å². The fourth-order valence-corrected chi connectivity index (χ4v) is 2.05. The maximum atomic E-state index is 11.1. The average molecular weight is 288 g/mol. The highest BCUT2D eigenvalue weighted by atomic mass is 16.5. The number of aliphatic carboxylic acids is 1. The number of imidazole rings is 1. The van der Waals surface area contributed by atoms with Crippen LogP contribution in [0.15, 0.2) is 18.3 Å². The van der Waals surface area contributed by atoms with E-state index in [9.17, 15) is 4.79 Å². The number of tetrazole rings is 1. The Kier molecular flexibility index (Phi) is 3.01. The van der Waals surface area contributed by atoms with Gasteiger partial charge in [-0.25, -0.2) is 0 Å². The van der Waals surface area contributed by atoms with Crippen LogP contribution in [-0.2, 0) is 4.79 Å². The van der Waals surface area contributed by atoms with E-state index in [1.165, 1.54) is 7.11 Å². The molecule has 0 radical (unpaired) electrons. The van der Waals surface area contributed by atoms with Gasteiger partial charge >= 0.3 is 5.97 Å². The molecule has 0 spiro atoms. The molecule has 0 aliphatic rings. The van der Waals surface area contributed by atoms with Gasteiger partial charge in [-0.15, -0.1) is 10.2 Å². The van der Waals surface area contributed by atoms with Crippen molar-refractivity contribution in [3.63, 3.8) is 0 Å². The highest BCUT2D eigenvalue weighted by molar-refractivity contribution is 5.76. The second-order valence-electron chi connectivity index (χ2n) is 4.46. The van der Waals surface area contributed by atoms with Crippen LogP contribution in [0.1, 0.15) is 18.4 Å². The van der Waals surface area contributed by atoms with E-state index in [4.69, 9.17) is 9.84 Å². The van der Waals surface area contributed by atoms with Gasteiger partial charge in [0.2, 0.25) is 11.7 Å². The lowest BCUT2D eigenvalue weighted by Crippen LogP contribution is -2.08. The third-order valence-corrected chi connectivity index (χ3v) is 3.23. The van der Waals surface area contributed by atoms with Crippen LogP contribution in [0, 0.1) is 0 Å². The average Bonchev–Trinajstić information content (AvgIpc) is 3.11. The molecule has 0 aromatic carbocycles. The second kappa shape index (κ2) is 4.85. The number of aromatic amines is 1. The van der Waals surface area contributed by atoms with Gasteiger partial charge in [-0.2, -0.15) is 10.2 Å². The quantitative estimate of drug-likeness (QED) is 0.725. The molecule has 9 nitrogen and oxygen atoms in total. The zero-order chi connectivity index (χ0) is 15.0. The lowest BCUT2D eigenvalue weighted by atomic mass is 10.0. The molecule has 9 heteroatoms. The molecule has 21 heavy (non-hydrogen) atoms. The number of fused-ring (bicyclic) bond motifs is 1. The predicted molar refractivity (Wildman–Crippen MR) is 71.0 cm³/mol. The maximum absolute atomic E-state index is 11.1. The Morgan fingerprint density at radius 1 is 1.48 bits per heavy atom. The van der Waals surface area contributed by atoms with E-state index in [2.05, 4.69) is 25.6 Å². The lowest BCUT2D eigenvalue weighted by molar-refractivity contribution is -0.138. The number of pyridine rings is 1. The van der Waals surface area contributed by atoms with Gasteiger partial charge < -0.3 is 9.84 Å². The van der Waals surface area contributed by atoms with Crippen LogP contribution >= 0.6 is 0 Å². The first-order valence-corrected chi connectivity index (χ1v) is 6.14. The zero-order valence-electron chi connectivity index (χ0n) is 11.3. The molecule has 3 aromatic rings. The topological polar surface area (TPSA) is 118 Å². The number of carbonyl (C=O) groups is 1. The number of hydrogen-bond acceptors (Lipinski definition) is 6. The Morgan fingerprint density at radius 3 is 2.90 bits per heavy atom. The van der Waals surface area contributed by atoms with Crippen molar-refractivity contribution in [2.24, 2.45) is 0 Å². The van der Waals surface area contributed by atoms with Crippen LogP contribution in [0.2, 0.25) is 0 Å². The van der Waals surface area contributed by atoms with Crippen LogP contribution in [0.3, 0.4) is 0 Å². The van der Waals surface area contributed by atoms with Gasteiger partial charge in [0.05, 0.1) is 13.0 Å². The molecule has 1 unspecified atom stereocenters. The summed E-state index contributed by atoms with van der Waals surface area (Å²) in [6.07, 6.45) is 1.69. The van der Waals surface area contributed by atoms with Crippen molar-refractivity contribution in [2.45, 2.75) is 12.8 Å². The van der Waals surface area contributed by atoms with E-state index in [0.29, 0.717) is 28.6 Å².